The second-order valence-corrected chi connectivity index (χ2v) is 14.5. The summed E-state index contributed by atoms with van der Waals surface area (Å²) in [6.07, 6.45) is 10.9. The van der Waals surface area contributed by atoms with Crippen LogP contribution in [0.3, 0.4) is 0 Å². The second kappa shape index (κ2) is 10.1. The molecule has 4 heterocycles. The Morgan fingerprint density at radius 3 is 2.56 bits per heavy atom. The van der Waals surface area contributed by atoms with Crippen molar-refractivity contribution in [2.75, 3.05) is 19.6 Å². The van der Waals surface area contributed by atoms with Crippen molar-refractivity contribution >= 4 is 27.5 Å². The summed E-state index contributed by atoms with van der Waals surface area (Å²) < 4.78 is 0. The fourth-order valence-electron chi connectivity index (χ4n) is 8.09. The molecule has 41 heavy (non-hydrogen) atoms. The van der Waals surface area contributed by atoms with Gasteiger partial charge in [0.2, 0.25) is 5.91 Å². The number of carbonyl (C=O) groups excluding carboxylic acids is 1. The maximum atomic E-state index is 14.0. The van der Waals surface area contributed by atoms with Crippen LogP contribution >= 0.6 is 11.3 Å². The molecule has 1 aromatic carbocycles. The molecule has 0 bridgehead atoms. The first-order valence-corrected chi connectivity index (χ1v) is 16.2. The van der Waals surface area contributed by atoms with E-state index in [9.17, 15) is 4.79 Å². The van der Waals surface area contributed by atoms with Crippen LogP contribution in [0.25, 0.3) is 21.5 Å². The number of thiophene rings is 1. The van der Waals surface area contributed by atoms with Crippen molar-refractivity contribution in [1.82, 2.24) is 20.2 Å². The summed E-state index contributed by atoms with van der Waals surface area (Å²) in [6, 6.07) is 13.8. The molecule has 0 radical (unpaired) electrons. The second-order valence-electron chi connectivity index (χ2n) is 13.4. The first kappa shape index (κ1) is 26.9. The number of amides is 1. The number of nitrogens with one attached hydrogen (secondary N) is 2. The summed E-state index contributed by atoms with van der Waals surface area (Å²) in [5.74, 6) is 1.20. The number of hydrogen-bond acceptors (Lipinski definition) is 4. The maximum absolute atomic E-state index is 14.0. The number of carbonyl (C=O) groups is 1. The van der Waals surface area contributed by atoms with Crippen molar-refractivity contribution in [3.8, 4) is 11.3 Å². The van der Waals surface area contributed by atoms with Gasteiger partial charge in [-0.25, -0.2) is 0 Å². The number of aryl methyl sites for hydroxylation is 2. The molecular weight excluding hydrogens is 524 g/mol. The Hall–Kier alpha value is -2.96. The van der Waals surface area contributed by atoms with Gasteiger partial charge in [-0.3, -0.25) is 9.78 Å². The van der Waals surface area contributed by atoms with Crippen LogP contribution in [-0.4, -0.2) is 46.5 Å². The van der Waals surface area contributed by atoms with Gasteiger partial charge in [-0.1, -0.05) is 17.2 Å². The number of rotatable bonds is 9. The molecule has 3 unspecified atom stereocenters. The van der Waals surface area contributed by atoms with E-state index in [1.807, 2.05) is 12.4 Å². The third kappa shape index (κ3) is 4.45. The lowest BCUT2D eigenvalue weighted by Gasteiger charge is -2.63. The highest BCUT2D eigenvalue weighted by atomic mass is 32.1. The van der Waals surface area contributed by atoms with Gasteiger partial charge in [-0.2, -0.15) is 0 Å². The molecule has 214 valence electrons. The molecular formula is C35H42N4OS. The highest BCUT2D eigenvalue weighted by molar-refractivity contribution is 7.19. The Bertz CT molecular complexity index is 1580. The minimum atomic E-state index is -0.520. The van der Waals surface area contributed by atoms with Crippen LogP contribution in [0.2, 0.25) is 0 Å². The minimum Gasteiger partial charge on any atom is -0.346 e. The van der Waals surface area contributed by atoms with Crippen molar-refractivity contribution in [3.63, 3.8) is 0 Å². The number of benzene rings is 1. The average Bonchev–Trinajstić information content (AvgIpc) is 3.54. The SMILES string of the molecule is Cc1cc(C)cc(-c2[nH]c3sc(C(C)(C)C(=O)N4CC56CCC5CCC46)cc3c2CCNCCc2ccncc2)c1. The molecule has 1 spiro atoms. The quantitative estimate of drug-likeness (QED) is 0.215. The van der Waals surface area contributed by atoms with E-state index < -0.39 is 5.41 Å². The van der Waals surface area contributed by atoms with Gasteiger partial charge in [0.05, 0.1) is 11.1 Å². The lowest BCUT2D eigenvalue weighted by atomic mass is 9.55. The van der Waals surface area contributed by atoms with Gasteiger partial charge in [0.25, 0.3) is 0 Å². The number of aromatic nitrogens is 2. The van der Waals surface area contributed by atoms with Crippen LogP contribution in [0.1, 0.15) is 66.7 Å². The van der Waals surface area contributed by atoms with Gasteiger partial charge in [-0.05, 0) is 132 Å². The summed E-state index contributed by atoms with van der Waals surface area (Å²) in [5.41, 5.74) is 7.64. The van der Waals surface area contributed by atoms with Gasteiger partial charge in [0, 0.05) is 40.7 Å². The number of H-pyrrole nitrogens is 1. The molecule has 7 rings (SSSR count). The first-order chi connectivity index (χ1) is 19.8. The third-order valence-corrected chi connectivity index (χ3v) is 11.8. The maximum Gasteiger partial charge on any atom is 0.233 e. The summed E-state index contributed by atoms with van der Waals surface area (Å²) in [6.45, 7) is 11.5. The van der Waals surface area contributed by atoms with E-state index in [-0.39, 0.29) is 0 Å². The Kier molecular flexibility index (Phi) is 6.62. The average molecular weight is 567 g/mol. The van der Waals surface area contributed by atoms with Crippen LogP contribution < -0.4 is 5.32 Å². The Labute approximate surface area is 247 Å². The molecule has 2 N–H and O–H groups in total. The van der Waals surface area contributed by atoms with Crippen molar-refractivity contribution < 1.29 is 4.79 Å². The van der Waals surface area contributed by atoms with Crippen LogP contribution in [0.5, 0.6) is 0 Å². The van der Waals surface area contributed by atoms with Crippen LogP contribution in [0, 0.1) is 25.2 Å². The molecule has 2 aliphatic carbocycles. The van der Waals surface area contributed by atoms with Gasteiger partial charge < -0.3 is 15.2 Å². The normalized spacial score (nSPS) is 23.3. The van der Waals surface area contributed by atoms with E-state index in [2.05, 4.69) is 84.3 Å². The van der Waals surface area contributed by atoms with Crippen LogP contribution in [-0.2, 0) is 23.1 Å². The number of pyridine rings is 1. The van der Waals surface area contributed by atoms with E-state index in [0.717, 1.165) is 38.4 Å². The topological polar surface area (TPSA) is 61.0 Å². The molecule has 3 aliphatic rings. The number of likely N-dealkylation sites (tertiary alicyclic amines) is 1. The Balaban J connectivity index is 1.14. The largest absolute Gasteiger partial charge is 0.346 e. The molecule has 2 saturated carbocycles. The van der Waals surface area contributed by atoms with Gasteiger partial charge in [0.1, 0.15) is 4.83 Å². The predicted molar refractivity (Wildman–Crippen MR) is 169 cm³/mol. The van der Waals surface area contributed by atoms with E-state index >= 15 is 0 Å². The van der Waals surface area contributed by atoms with Crippen molar-refractivity contribution in [2.45, 2.75) is 77.7 Å². The Morgan fingerprint density at radius 1 is 1.07 bits per heavy atom. The molecule has 5 nitrogen and oxygen atoms in total. The first-order valence-electron chi connectivity index (χ1n) is 15.4. The molecule has 1 saturated heterocycles. The van der Waals surface area contributed by atoms with Crippen LogP contribution in [0.15, 0.2) is 48.8 Å². The van der Waals surface area contributed by atoms with Crippen molar-refractivity contribution in [3.05, 3.63) is 75.9 Å². The molecule has 3 aromatic heterocycles. The zero-order valence-corrected chi connectivity index (χ0v) is 25.7. The summed E-state index contributed by atoms with van der Waals surface area (Å²) in [4.78, 5) is 26.5. The molecule has 1 aliphatic heterocycles. The van der Waals surface area contributed by atoms with E-state index in [0.29, 0.717) is 17.4 Å². The fraction of sp³-hybridized carbons (Fsp3) is 0.486. The lowest BCUT2D eigenvalue weighted by molar-refractivity contribution is -0.173. The van der Waals surface area contributed by atoms with E-state index in [1.54, 1.807) is 11.3 Å². The minimum absolute atomic E-state index is 0.318. The molecule has 6 heteroatoms. The smallest absolute Gasteiger partial charge is 0.233 e. The fourth-order valence-corrected chi connectivity index (χ4v) is 9.28. The molecule has 3 fully saturated rings. The molecule has 1 amide bonds. The number of aromatic amines is 1. The van der Waals surface area contributed by atoms with Crippen molar-refractivity contribution in [2.24, 2.45) is 11.3 Å². The monoisotopic (exact) mass is 566 g/mol. The highest BCUT2D eigenvalue weighted by Gasteiger charge is 2.66. The van der Waals surface area contributed by atoms with Gasteiger partial charge in [0.15, 0.2) is 0 Å². The summed E-state index contributed by atoms with van der Waals surface area (Å²) >= 11 is 1.77. The zero-order chi connectivity index (χ0) is 28.4. The standard InChI is InChI=1S/C35H42N4OS/c1-22-17-23(2)19-25(18-22)31-27(11-16-37-15-10-24-8-13-36-14-9-24)28-20-30(41-32(28)38-31)34(3,4)33(40)39-21-35-12-7-26(35)5-6-29(35)39/h8-9,13-14,17-20,26,29,37-38H,5-7,10-12,15-16,21H2,1-4H3. The Morgan fingerprint density at radius 2 is 1.83 bits per heavy atom. The number of hydrogen-bond donors (Lipinski definition) is 2. The van der Waals surface area contributed by atoms with Gasteiger partial charge >= 0.3 is 0 Å². The highest BCUT2D eigenvalue weighted by Crippen LogP contribution is 2.65. The molecule has 4 aromatic rings. The predicted octanol–water partition coefficient (Wildman–Crippen LogP) is 6.96. The third-order valence-electron chi connectivity index (χ3n) is 10.5. The number of fused-ring (bicyclic) bond motifs is 1. The lowest BCUT2D eigenvalue weighted by Crippen LogP contribution is -2.70. The van der Waals surface area contributed by atoms with Crippen LogP contribution in [0.4, 0.5) is 0 Å². The molecule has 3 atom stereocenters. The van der Waals surface area contributed by atoms with Gasteiger partial charge in [-0.15, -0.1) is 11.3 Å². The summed E-state index contributed by atoms with van der Waals surface area (Å²) in [7, 11) is 0. The number of nitrogens with zero attached hydrogens (tertiary/aromatic N) is 2. The van der Waals surface area contributed by atoms with E-state index in [1.165, 1.54) is 74.3 Å². The van der Waals surface area contributed by atoms with Crippen molar-refractivity contribution in [1.29, 1.82) is 0 Å². The van der Waals surface area contributed by atoms with E-state index in [4.69, 9.17) is 0 Å². The summed E-state index contributed by atoms with van der Waals surface area (Å²) in [5, 5.41) is 4.94. The zero-order valence-electron chi connectivity index (χ0n) is 24.8.